The van der Waals surface area contributed by atoms with Crippen LogP contribution in [0.25, 0.3) is 21.8 Å². The molecule has 0 atom stereocenters. The number of nitrogens with zero attached hydrogens (tertiary/aromatic N) is 2. The van der Waals surface area contributed by atoms with Crippen molar-refractivity contribution < 1.29 is 0 Å². The van der Waals surface area contributed by atoms with E-state index >= 15 is 0 Å². The molecule has 0 aliphatic carbocycles. The van der Waals surface area contributed by atoms with Gasteiger partial charge in [-0.1, -0.05) is 231 Å². The van der Waals surface area contributed by atoms with E-state index in [-0.39, 0.29) is 0 Å². The number of rotatable bonds is 36. The maximum atomic E-state index is 4.86. The Bertz CT molecular complexity index is 1150. The van der Waals surface area contributed by atoms with Gasteiger partial charge in [0.25, 0.3) is 0 Å². The van der Waals surface area contributed by atoms with Crippen LogP contribution in [0.3, 0.4) is 0 Å². The molecule has 0 N–H and O–H groups in total. The van der Waals surface area contributed by atoms with Gasteiger partial charge in [-0.3, -0.25) is 9.97 Å². The Balaban J connectivity index is 1.21. The van der Waals surface area contributed by atoms with Crippen LogP contribution in [0, 0.1) is 0 Å². The van der Waals surface area contributed by atoms with Crippen molar-refractivity contribution in [2.45, 2.75) is 245 Å². The van der Waals surface area contributed by atoms with Crippen LogP contribution >= 0.6 is 0 Å². The molecule has 1 aromatic carbocycles. The van der Waals surface area contributed by atoms with Gasteiger partial charge in [-0.05, 0) is 48.9 Å². The standard InChI is InChI=1S/C50H84N2/c1-3-5-7-9-11-13-15-17-19-21-23-25-27-29-31-33-35-37-45-41-43-51-49-47(45)39-40-48-46(42-44-52-50(48)49)38-36-34-32-30-28-26-24-22-20-18-16-14-12-10-8-6-4-2/h39-44H,3-38H2,1-2H3. The molecule has 2 aromatic heterocycles. The molecule has 2 heteroatoms. The van der Waals surface area contributed by atoms with Crippen LogP contribution in [0.15, 0.2) is 36.7 Å². The Morgan fingerprint density at radius 2 is 0.519 bits per heavy atom. The molecule has 3 aromatic rings. The highest BCUT2D eigenvalue weighted by Gasteiger charge is 2.10. The summed E-state index contributed by atoms with van der Waals surface area (Å²) in [5.41, 5.74) is 5.11. The summed E-state index contributed by atoms with van der Waals surface area (Å²) in [5.74, 6) is 0. The fraction of sp³-hybridized carbons (Fsp3) is 0.760. The average molecular weight is 713 g/mol. The summed E-state index contributed by atoms with van der Waals surface area (Å²) >= 11 is 0. The second-order valence-corrected chi connectivity index (χ2v) is 16.6. The molecule has 294 valence electrons. The third-order valence-corrected chi connectivity index (χ3v) is 11.9. The first-order chi connectivity index (χ1) is 25.8. The maximum Gasteiger partial charge on any atom is 0.0967 e. The molecular formula is C50H84N2. The molecule has 0 bridgehead atoms. The van der Waals surface area contributed by atoms with Gasteiger partial charge in [0, 0.05) is 23.2 Å². The SMILES string of the molecule is CCCCCCCCCCCCCCCCCCCc1ccnc2c1ccc1c(CCCCCCCCCCCCCCCCCCC)ccnc12. The van der Waals surface area contributed by atoms with Gasteiger partial charge in [-0.2, -0.15) is 0 Å². The zero-order valence-corrected chi connectivity index (χ0v) is 34.8. The van der Waals surface area contributed by atoms with Crippen LogP contribution in [0.5, 0.6) is 0 Å². The third-order valence-electron chi connectivity index (χ3n) is 11.9. The number of aromatic nitrogens is 2. The third kappa shape index (κ3) is 19.9. The molecule has 0 fully saturated rings. The second kappa shape index (κ2) is 31.4. The summed E-state index contributed by atoms with van der Waals surface area (Å²) < 4.78 is 0. The Hall–Kier alpha value is -1.96. The van der Waals surface area contributed by atoms with Crippen molar-refractivity contribution in [1.82, 2.24) is 9.97 Å². The lowest BCUT2D eigenvalue weighted by Gasteiger charge is -2.11. The van der Waals surface area contributed by atoms with Crippen molar-refractivity contribution >= 4 is 21.8 Å². The number of aryl methyl sites for hydroxylation is 2. The normalized spacial score (nSPS) is 11.7. The van der Waals surface area contributed by atoms with E-state index in [4.69, 9.17) is 9.97 Å². The van der Waals surface area contributed by atoms with Crippen molar-refractivity contribution in [3.63, 3.8) is 0 Å². The summed E-state index contributed by atoms with van der Waals surface area (Å²) in [4.78, 5) is 9.72. The minimum atomic E-state index is 1.10. The van der Waals surface area contributed by atoms with Crippen LogP contribution < -0.4 is 0 Å². The van der Waals surface area contributed by atoms with Crippen molar-refractivity contribution in [3.8, 4) is 0 Å². The Morgan fingerprint density at radius 3 is 0.769 bits per heavy atom. The van der Waals surface area contributed by atoms with E-state index in [9.17, 15) is 0 Å². The number of fused-ring (bicyclic) bond motifs is 3. The van der Waals surface area contributed by atoms with E-state index < -0.39 is 0 Å². The molecule has 0 radical (unpaired) electrons. The maximum absolute atomic E-state index is 4.86. The molecule has 0 spiro atoms. The first kappa shape index (κ1) is 44.4. The van der Waals surface area contributed by atoms with E-state index in [0.29, 0.717) is 0 Å². The van der Waals surface area contributed by atoms with Gasteiger partial charge < -0.3 is 0 Å². The fourth-order valence-electron chi connectivity index (χ4n) is 8.46. The highest BCUT2D eigenvalue weighted by Crippen LogP contribution is 2.29. The van der Waals surface area contributed by atoms with Gasteiger partial charge >= 0.3 is 0 Å². The summed E-state index contributed by atoms with van der Waals surface area (Å²) in [5, 5.41) is 2.63. The molecule has 0 aliphatic rings. The molecule has 0 amide bonds. The van der Waals surface area contributed by atoms with Crippen LogP contribution in [0.2, 0.25) is 0 Å². The van der Waals surface area contributed by atoms with Crippen LogP contribution in [0.1, 0.15) is 243 Å². The lowest BCUT2D eigenvalue weighted by molar-refractivity contribution is 0.527. The van der Waals surface area contributed by atoms with Crippen molar-refractivity contribution in [2.75, 3.05) is 0 Å². The van der Waals surface area contributed by atoms with Crippen molar-refractivity contribution in [2.24, 2.45) is 0 Å². The molecule has 0 unspecified atom stereocenters. The topological polar surface area (TPSA) is 25.8 Å². The predicted octanol–water partition coefficient (Wildman–Crippen LogP) is 17.2. The van der Waals surface area contributed by atoms with Gasteiger partial charge in [0.05, 0.1) is 11.0 Å². The van der Waals surface area contributed by atoms with Crippen LogP contribution in [0.4, 0.5) is 0 Å². The van der Waals surface area contributed by atoms with Crippen LogP contribution in [-0.4, -0.2) is 9.97 Å². The predicted molar refractivity (Wildman–Crippen MR) is 233 cm³/mol. The zero-order chi connectivity index (χ0) is 36.6. The number of benzene rings is 1. The number of pyridine rings is 2. The zero-order valence-electron chi connectivity index (χ0n) is 34.8. The first-order valence-corrected chi connectivity index (χ1v) is 23.5. The molecule has 0 aliphatic heterocycles. The largest absolute Gasteiger partial charge is 0.254 e. The molecule has 0 saturated heterocycles. The quantitative estimate of drug-likeness (QED) is 0.0443. The van der Waals surface area contributed by atoms with E-state index in [1.54, 1.807) is 0 Å². The van der Waals surface area contributed by atoms with Gasteiger partial charge in [-0.15, -0.1) is 0 Å². The molecule has 2 nitrogen and oxygen atoms in total. The minimum absolute atomic E-state index is 1.10. The Kier molecular flexibility index (Phi) is 26.8. The van der Waals surface area contributed by atoms with Gasteiger partial charge in [0.1, 0.15) is 0 Å². The molecule has 2 heterocycles. The van der Waals surface area contributed by atoms with E-state index in [0.717, 1.165) is 23.9 Å². The smallest absolute Gasteiger partial charge is 0.0967 e. The van der Waals surface area contributed by atoms with E-state index in [1.165, 1.54) is 240 Å². The van der Waals surface area contributed by atoms with Gasteiger partial charge in [-0.25, -0.2) is 0 Å². The summed E-state index contributed by atoms with van der Waals surface area (Å²) in [6.07, 6.45) is 54.8. The fourth-order valence-corrected chi connectivity index (χ4v) is 8.46. The summed E-state index contributed by atoms with van der Waals surface area (Å²) in [7, 11) is 0. The molecule has 3 rings (SSSR count). The number of hydrogen-bond acceptors (Lipinski definition) is 2. The van der Waals surface area contributed by atoms with Gasteiger partial charge in [0.15, 0.2) is 0 Å². The van der Waals surface area contributed by atoms with E-state index in [2.05, 4.69) is 38.1 Å². The number of unbranched alkanes of at least 4 members (excludes halogenated alkanes) is 32. The van der Waals surface area contributed by atoms with E-state index in [1.807, 2.05) is 12.4 Å². The average Bonchev–Trinajstić information content (AvgIpc) is 3.17. The monoisotopic (exact) mass is 713 g/mol. The summed E-state index contributed by atoms with van der Waals surface area (Å²) in [6.45, 7) is 4.61. The van der Waals surface area contributed by atoms with Crippen LogP contribution in [-0.2, 0) is 12.8 Å². The molecule has 0 saturated carbocycles. The van der Waals surface area contributed by atoms with Crippen molar-refractivity contribution in [3.05, 3.63) is 47.8 Å². The lowest BCUT2D eigenvalue weighted by Crippen LogP contribution is -1.95. The molecular weight excluding hydrogens is 629 g/mol. The Labute approximate surface area is 323 Å². The lowest BCUT2D eigenvalue weighted by atomic mass is 9.97. The second-order valence-electron chi connectivity index (χ2n) is 16.6. The van der Waals surface area contributed by atoms with Gasteiger partial charge in [0.2, 0.25) is 0 Å². The highest BCUT2D eigenvalue weighted by atomic mass is 14.7. The summed E-state index contributed by atoms with van der Waals surface area (Å²) in [6, 6.07) is 9.18. The Morgan fingerprint density at radius 1 is 0.288 bits per heavy atom. The molecule has 52 heavy (non-hydrogen) atoms. The number of hydrogen-bond donors (Lipinski definition) is 0. The van der Waals surface area contributed by atoms with Crippen molar-refractivity contribution in [1.29, 1.82) is 0 Å². The minimum Gasteiger partial charge on any atom is -0.254 e. The highest BCUT2D eigenvalue weighted by molar-refractivity contribution is 6.04. The first-order valence-electron chi connectivity index (χ1n) is 23.5.